The van der Waals surface area contributed by atoms with Crippen LogP contribution in [0.2, 0.25) is 3.72 Å². The summed E-state index contributed by atoms with van der Waals surface area (Å²) in [5.74, 6) is 0. The molecule has 0 bridgehead atoms. The fraction of sp³-hybridized carbons (Fsp3) is 0.333. The van der Waals surface area contributed by atoms with E-state index in [0.717, 1.165) is 0 Å². The van der Waals surface area contributed by atoms with Crippen LogP contribution in [0.15, 0.2) is 48.6 Å². The Kier molecular flexibility index (Phi) is 8.98. The third-order valence-electron chi connectivity index (χ3n) is 3.68. The zero-order valence-corrected chi connectivity index (χ0v) is 15.1. The topological polar surface area (TPSA) is 0 Å². The second kappa shape index (κ2) is 7.91. The molecule has 0 unspecified atom stereocenters. The Morgan fingerprint density at radius 3 is 1.89 bits per heavy atom. The Morgan fingerprint density at radius 1 is 0.947 bits per heavy atom. The minimum absolute atomic E-state index is 0. The van der Waals surface area contributed by atoms with E-state index in [2.05, 4.69) is 89.8 Å². The summed E-state index contributed by atoms with van der Waals surface area (Å²) in [6.07, 6.45) is 8.92. The molecule has 0 saturated carbocycles. The van der Waals surface area contributed by atoms with Gasteiger partial charge in [0.2, 0.25) is 0 Å². The monoisotopic (exact) mass is 350 g/mol. The van der Waals surface area contributed by atoms with Crippen molar-refractivity contribution in [2.75, 3.05) is 0 Å². The normalized spacial score (nSPS) is 15.2. The van der Waals surface area contributed by atoms with E-state index in [1.807, 2.05) is 0 Å². The maximum atomic E-state index is 2.33. The van der Waals surface area contributed by atoms with Gasteiger partial charge in [-0.3, -0.25) is 0 Å². The van der Waals surface area contributed by atoms with Gasteiger partial charge in [-0.1, -0.05) is 0 Å². The minimum atomic E-state index is 0. The average Bonchev–Trinajstić information content (AvgIpc) is 2.67. The number of benzene rings is 1. The van der Waals surface area contributed by atoms with Crippen molar-refractivity contribution in [2.24, 2.45) is 0 Å². The van der Waals surface area contributed by atoms with Gasteiger partial charge in [-0.15, -0.1) is 0 Å². The number of rotatable bonds is 2. The summed E-state index contributed by atoms with van der Waals surface area (Å²) in [5, 5.41) is 0. The maximum absolute atomic E-state index is 2.33. The van der Waals surface area contributed by atoms with Crippen molar-refractivity contribution < 1.29 is 57.7 Å². The smallest absolute Gasteiger partial charge is 1.00 e. The van der Waals surface area contributed by atoms with Gasteiger partial charge in [-0.25, -0.2) is 0 Å². The first-order valence-corrected chi connectivity index (χ1v) is 6.44. The van der Waals surface area contributed by atoms with Crippen molar-refractivity contribution in [1.82, 2.24) is 0 Å². The minimum Gasteiger partial charge on any atom is -1.00 e. The number of hydrogen-bond donors (Lipinski definition) is 0. The van der Waals surface area contributed by atoms with Gasteiger partial charge < -0.3 is 37.2 Å². The standard InChI is InChI=1S/C15H17.3ClH.Ti/c1-12-8-4-7-11-14(12)15(2,3)13-9-5-6-10-13;;;;/h4-11H,1-3H3;3*1H;/q;;;;+3/p-3. The largest absolute Gasteiger partial charge is 1.00 e. The van der Waals surface area contributed by atoms with Gasteiger partial charge in [0.05, 0.1) is 0 Å². The molecule has 1 aliphatic carbocycles. The summed E-state index contributed by atoms with van der Waals surface area (Å²) in [6.45, 7) is 6.85. The zero-order valence-electron chi connectivity index (χ0n) is 11.3. The fourth-order valence-corrected chi connectivity index (χ4v) is 2.89. The molecule has 0 radical (unpaired) electrons. The molecule has 2 rings (SSSR count). The zero-order chi connectivity index (χ0) is 11.8. The van der Waals surface area contributed by atoms with E-state index < -0.39 is 0 Å². The van der Waals surface area contributed by atoms with E-state index in [-0.39, 0.29) is 46.4 Å². The van der Waals surface area contributed by atoms with Crippen LogP contribution in [-0.4, -0.2) is 0 Å². The Labute approximate surface area is 146 Å². The molecule has 0 amide bonds. The van der Waals surface area contributed by atoms with Crippen LogP contribution in [0, 0.1) is 6.92 Å². The summed E-state index contributed by atoms with van der Waals surface area (Å²) in [6, 6.07) is 8.69. The molecule has 0 saturated heterocycles. The number of aryl methyl sites for hydroxylation is 1. The third kappa shape index (κ3) is 3.89. The van der Waals surface area contributed by atoms with Crippen molar-refractivity contribution in [3.8, 4) is 0 Å². The summed E-state index contributed by atoms with van der Waals surface area (Å²) in [5.41, 5.74) is 2.94. The molecule has 0 fully saturated rings. The molecule has 0 aromatic heterocycles. The van der Waals surface area contributed by atoms with Crippen LogP contribution in [0.4, 0.5) is 0 Å². The van der Waals surface area contributed by atoms with Gasteiger partial charge in [0.1, 0.15) is 0 Å². The van der Waals surface area contributed by atoms with Crippen LogP contribution in [0.5, 0.6) is 0 Å². The van der Waals surface area contributed by atoms with Gasteiger partial charge in [0.15, 0.2) is 0 Å². The van der Waals surface area contributed by atoms with E-state index in [1.54, 1.807) is 0 Å². The van der Waals surface area contributed by atoms with Gasteiger partial charge in [0.25, 0.3) is 0 Å². The second-order valence-corrected chi connectivity index (χ2v) is 6.32. The summed E-state index contributed by atoms with van der Waals surface area (Å²) in [4.78, 5) is 0. The number of hydrogen-bond acceptors (Lipinski definition) is 0. The van der Waals surface area contributed by atoms with Crippen molar-refractivity contribution in [2.45, 2.75) is 29.9 Å². The Morgan fingerprint density at radius 2 is 1.42 bits per heavy atom. The van der Waals surface area contributed by atoms with Crippen LogP contribution in [0.1, 0.15) is 25.0 Å². The first kappa shape index (κ1) is 21.6. The molecule has 0 heterocycles. The second-order valence-electron chi connectivity index (χ2n) is 5.03. The predicted octanol–water partition coefficient (Wildman–Crippen LogP) is -4.88. The van der Waals surface area contributed by atoms with E-state index in [9.17, 15) is 0 Å². The molecule has 0 aliphatic heterocycles. The van der Waals surface area contributed by atoms with Gasteiger partial charge >= 0.3 is 110 Å². The van der Waals surface area contributed by atoms with Crippen LogP contribution < -0.4 is 37.2 Å². The van der Waals surface area contributed by atoms with Gasteiger partial charge in [-0.2, -0.15) is 0 Å². The molecule has 0 nitrogen and oxygen atoms in total. The number of halogens is 3. The van der Waals surface area contributed by atoms with Gasteiger partial charge in [0, 0.05) is 0 Å². The average molecular weight is 352 g/mol. The summed E-state index contributed by atoms with van der Waals surface area (Å²) < 4.78 is 0.124. The van der Waals surface area contributed by atoms with Crippen molar-refractivity contribution in [3.05, 3.63) is 59.7 Å². The molecule has 1 aromatic rings. The number of allylic oxidation sites excluding steroid dienone is 4. The molecule has 1 aromatic carbocycles. The van der Waals surface area contributed by atoms with E-state index in [0.29, 0.717) is 0 Å². The quantitative estimate of drug-likeness (QED) is 0.469. The molecule has 0 N–H and O–H groups in total. The Bertz CT molecular complexity index is 452. The van der Waals surface area contributed by atoms with Crippen LogP contribution in [0.25, 0.3) is 0 Å². The van der Waals surface area contributed by atoms with E-state index >= 15 is 0 Å². The molecule has 1 aliphatic rings. The molecular formula is C15H17Cl3Ti. The predicted molar refractivity (Wildman–Crippen MR) is 65.2 cm³/mol. The molecular weight excluding hydrogens is 334 g/mol. The molecule has 0 spiro atoms. The first-order valence-electron chi connectivity index (χ1n) is 5.65. The third-order valence-corrected chi connectivity index (χ3v) is 5.18. The Hall–Kier alpha value is 0.284. The van der Waals surface area contributed by atoms with E-state index in [4.69, 9.17) is 0 Å². The van der Waals surface area contributed by atoms with Gasteiger partial charge in [-0.05, 0) is 0 Å². The summed E-state index contributed by atoms with van der Waals surface area (Å²) in [7, 11) is 0. The fourth-order valence-electron chi connectivity index (χ4n) is 2.38. The van der Waals surface area contributed by atoms with Crippen LogP contribution >= 0.6 is 0 Å². The molecule has 0 atom stereocenters. The van der Waals surface area contributed by atoms with Crippen molar-refractivity contribution >= 4 is 0 Å². The van der Waals surface area contributed by atoms with E-state index in [1.165, 1.54) is 11.1 Å². The molecule has 102 valence electrons. The SMILES string of the molecule is Cc1ccccc1C(C)(C)[C]1([Ti+3])C=CC=C1.[Cl-].[Cl-].[Cl-]. The van der Waals surface area contributed by atoms with Crippen molar-refractivity contribution in [3.63, 3.8) is 0 Å². The molecule has 4 heteroatoms. The first-order chi connectivity index (χ1) is 7.47. The maximum Gasteiger partial charge on any atom is -1.00 e. The van der Waals surface area contributed by atoms with Crippen LogP contribution in [-0.2, 0) is 25.9 Å². The van der Waals surface area contributed by atoms with Crippen LogP contribution in [0.3, 0.4) is 0 Å². The Balaban J connectivity index is 0. The molecule has 19 heavy (non-hydrogen) atoms. The summed E-state index contributed by atoms with van der Waals surface area (Å²) >= 11 is 2.31. The van der Waals surface area contributed by atoms with Crippen molar-refractivity contribution in [1.29, 1.82) is 0 Å².